The highest BCUT2D eigenvalue weighted by molar-refractivity contribution is 5.92. The van der Waals surface area contributed by atoms with Gasteiger partial charge >= 0.3 is 18.0 Å². The van der Waals surface area contributed by atoms with E-state index in [-0.39, 0.29) is 13.2 Å². The minimum absolute atomic E-state index is 0.0114. The molecule has 1 aromatic carbocycles. The summed E-state index contributed by atoms with van der Waals surface area (Å²) in [4.78, 5) is 48.8. The van der Waals surface area contributed by atoms with Gasteiger partial charge in [0.05, 0.1) is 19.6 Å². The average Bonchev–Trinajstić information content (AvgIpc) is 2.69. The lowest BCUT2D eigenvalue weighted by molar-refractivity contribution is -0.149. The Hall–Kier alpha value is -3.14. The van der Waals surface area contributed by atoms with Crippen LogP contribution in [0.2, 0.25) is 0 Å². The van der Waals surface area contributed by atoms with Crippen molar-refractivity contribution in [3.05, 3.63) is 35.9 Å². The van der Waals surface area contributed by atoms with Crippen molar-refractivity contribution < 1.29 is 38.5 Å². The average molecular weight is 438 g/mol. The van der Waals surface area contributed by atoms with E-state index in [1.54, 1.807) is 52.0 Å². The quantitative estimate of drug-likeness (QED) is 0.364. The zero-order valence-corrected chi connectivity index (χ0v) is 18.2. The maximum atomic E-state index is 12.6. The summed E-state index contributed by atoms with van der Waals surface area (Å²) in [7, 11) is 0. The molecule has 10 heteroatoms. The van der Waals surface area contributed by atoms with Crippen LogP contribution in [0.3, 0.4) is 0 Å². The molecule has 1 rings (SSSR count). The maximum absolute atomic E-state index is 12.6. The Balaban J connectivity index is 2.83. The first-order chi connectivity index (χ1) is 14.6. The van der Waals surface area contributed by atoms with E-state index in [1.807, 2.05) is 6.07 Å². The molecule has 0 unspecified atom stereocenters. The summed E-state index contributed by atoms with van der Waals surface area (Å²) in [6.45, 7) is 5.81. The van der Waals surface area contributed by atoms with Crippen molar-refractivity contribution in [1.29, 1.82) is 0 Å². The molecule has 31 heavy (non-hydrogen) atoms. The summed E-state index contributed by atoms with van der Waals surface area (Å²) in [5, 5.41) is 13.9. The highest BCUT2D eigenvalue weighted by atomic mass is 16.6. The number of amides is 2. The second-order valence-electron chi connectivity index (χ2n) is 7.55. The molecule has 0 saturated carbocycles. The Kier molecular flexibility index (Phi) is 10.5. The van der Waals surface area contributed by atoms with E-state index >= 15 is 0 Å². The van der Waals surface area contributed by atoms with Crippen molar-refractivity contribution in [1.82, 2.24) is 10.6 Å². The lowest BCUT2D eigenvalue weighted by Gasteiger charge is -2.24. The zero-order chi connectivity index (χ0) is 23.4. The predicted molar refractivity (Wildman–Crippen MR) is 110 cm³/mol. The van der Waals surface area contributed by atoms with Gasteiger partial charge in [0.15, 0.2) is 6.04 Å². The van der Waals surface area contributed by atoms with Gasteiger partial charge < -0.3 is 30.0 Å². The van der Waals surface area contributed by atoms with E-state index in [9.17, 15) is 24.3 Å². The third-order valence-electron chi connectivity index (χ3n) is 3.69. The molecule has 0 fully saturated rings. The monoisotopic (exact) mass is 438 g/mol. The van der Waals surface area contributed by atoms with Gasteiger partial charge in [-0.05, 0) is 33.3 Å². The molecule has 0 spiro atoms. The second-order valence-corrected chi connectivity index (χ2v) is 7.55. The third kappa shape index (κ3) is 10.4. The minimum atomic E-state index is -1.40. The molecule has 0 bridgehead atoms. The third-order valence-corrected chi connectivity index (χ3v) is 3.69. The van der Waals surface area contributed by atoms with Crippen LogP contribution in [0.5, 0.6) is 0 Å². The normalized spacial score (nSPS) is 12.8. The molecule has 0 radical (unpaired) electrons. The number of benzene rings is 1. The Morgan fingerprint density at radius 1 is 1.00 bits per heavy atom. The number of aliphatic hydroxyl groups is 1. The van der Waals surface area contributed by atoms with Crippen molar-refractivity contribution in [3.8, 4) is 0 Å². The Morgan fingerprint density at radius 2 is 1.65 bits per heavy atom. The molecule has 1 aromatic rings. The fourth-order valence-corrected chi connectivity index (χ4v) is 2.32. The number of ether oxygens (including phenoxy) is 3. The van der Waals surface area contributed by atoms with E-state index < -0.39 is 54.7 Å². The fraction of sp³-hybridized carbons (Fsp3) is 0.524. The lowest BCUT2D eigenvalue weighted by Crippen LogP contribution is -2.54. The Morgan fingerprint density at radius 3 is 2.19 bits per heavy atom. The van der Waals surface area contributed by atoms with Gasteiger partial charge in [0, 0.05) is 0 Å². The first-order valence-corrected chi connectivity index (χ1v) is 9.82. The predicted octanol–water partition coefficient (Wildman–Crippen LogP) is 1.05. The van der Waals surface area contributed by atoms with E-state index in [2.05, 4.69) is 10.6 Å². The summed E-state index contributed by atoms with van der Waals surface area (Å²) in [6.07, 6.45) is -1.45. The number of carbonyl (C=O) groups is 4. The van der Waals surface area contributed by atoms with Gasteiger partial charge in [0.2, 0.25) is 5.91 Å². The topological polar surface area (TPSA) is 140 Å². The van der Waals surface area contributed by atoms with E-state index in [0.29, 0.717) is 0 Å². The van der Waals surface area contributed by atoms with E-state index in [1.165, 1.54) is 0 Å². The van der Waals surface area contributed by atoms with E-state index in [0.717, 1.165) is 5.56 Å². The molecular formula is C21H30N2O8. The van der Waals surface area contributed by atoms with Crippen LogP contribution in [0.15, 0.2) is 30.3 Å². The number of nitrogens with one attached hydrogen (secondary N) is 2. The lowest BCUT2D eigenvalue weighted by atomic mass is 10.1. The Labute approximate surface area is 181 Å². The molecule has 0 aliphatic carbocycles. The molecule has 0 heterocycles. The van der Waals surface area contributed by atoms with Crippen LogP contribution in [0, 0.1) is 0 Å². The SMILES string of the molecule is CCOC(=O)[C@H](CO)NC(=O)[C@H](CC(=O)OCc1ccccc1)NC(=O)OC(C)(C)C. The van der Waals surface area contributed by atoms with Gasteiger partial charge in [-0.2, -0.15) is 0 Å². The first kappa shape index (κ1) is 25.9. The van der Waals surface area contributed by atoms with Crippen LogP contribution >= 0.6 is 0 Å². The van der Waals surface area contributed by atoms with Crippen LogP contribution in [0.25, 0.3) is 0 Å². The van der Waals surface area contributed by atoms with Crippen LogP contribution in [0.1, 0.15) is 39.7 Å². The first-order valence-electron chi connectivity index (χ1n) is 9.82. The largest absolute Gasteiger partial charge is 0.464 e. The van der Waals surface area contributed by atoms with Crippen LogP contribution in [-0.2, 0) is 35.2 Å². The number of carbonyl (C=O) groups excluding carboxylic acids is 4. The number of hydrogen-bond donors (Lipinski definition) is 3. The van der Waals surface area contributed by atoms with Gasteiger partial charge in [0.1, 0.15) is 18.2 Å². The smallest absolute Gasteiger partial charge is 0.408 e. The highest BCUT2D eigenvalue weighted by Crippen LogP contribution is 2.08. The Bertz CT molecular complexity index is 745. The van der Waals surface area contributed by atoms with Crippen molar-refractivity contribution >= 4 is 23.9 Å². The summed E-state index contributed by atoms with van der Waals surface area (Å²) in [5.74, 6) is -2.48. The molecule has 10 nitrogen and oxygen atoms in total. The number of aliphatic hydroxyl groups excluding tert-OH is 1. The maximum Gasteiger partial charge on any atom is 0.408 e. The molecule has 2 amide bonds. The van der Waals surface area contributed by atoms with E-state index in [4.69, 9.17) is 14.2 Å². The molecule has 2 atom stereocenters. The number of esters is 2. The molecule has 0 aliphatic rings. The van der Waals surface area contributed by atoms with Crippen molar-refractivity contribution in [2.24, 2.45) is 0 Å². The van der Waals surface area contributed by atoms with Crippen LogP contribution in [-0.4, -0.2) is 59.9 Å². The fourth-order valence-electron chi connectivity index (χ4n) is 2.32. The molecule has 172 valence electrons. The van der Waals surface area contributed by atoms with Crippen LogP contribution < -0.4 is 10.6 Å². The highest BCUT2D eigenvalue weighted by Gasteiger charge is 2.30. The molecule has 3 N–H and O–H groups in total. The summed E-state index contributed by atoms with van der Waals surface area (Å²) in [5.41, 5.74) is -0.0862. The van der Waals surface area contributed by atoms with Gasteiger partial charge in [0.25, 0.3) is 0 Å². The van der Waals surface area contributed by atoms with Gasteiger partial charge in [-0.15, -0.1) is 0 Å². The summed E-state index contributed by atoms with van der Waals surface area (Å²) in [6, 6.07) is 6.17. The number of alkyl carbamates (subject to hydrolysis) is 1. The van der Waals surface area contributed by atoms with Crippen molar-refractivity contribution in [2.45, 2.75) is 58.4 Å². The molecule has 0 aliphatic heterocycles. The molecule has 0 saturated heterocycles. The summed E-state index contributed by atoms with van der Waals surface area (Å²) >= 11 is 0. The zero-order valence-electron chi connectivity index (χ0n) is 18.2. The van der Waals surface area contributed by atoms with Crippen LogP contribution in [0.4, 0.5) is 4.79 Å². The minimum Gasteiger partial charge on any atom is -0.464 e. The van der Waals surface area contributed by atoms with Crippen molar-refractivity contribution in [3.63, 3.8) is 0 Å². The summed E-state index contributed by atoms with van der Waals surface area (Å²) < 4.78 is 15.1. The van der Waals surface area contributed by atoms with Gasteiger partial charge in [-0.25, -0.2) is 9.59 Å². The van der Waals surface area contributed by atoms with Gasteiger partial charge in [-0.1, -0.05) is 30.3 Å². The van der Waals surface area contributed by atoms with Gasteiger partial charge in [-0.3, -0.25) is 9.59 Å². The molecule has 0 aromatic heterocycles. The standard InChI is InChI=1S/C21H30N2O8/c1-5-29-19(27)16(12-24)22-18(26)15(23-20(28)31-21(2,3)4)11-17(25)30-13-14-9-7-6-8-10-14/h6-10,15-16,24H,5,11-13H2,1-4H3,(H,22,26)(H,23,28)/t15-,16-/m0/s1. The molecular weight excluding hydrogens is 408 g/mol. The number of hydrogen-bond acceptors (Lipinski definition) is 8. The second kappa shape index (κ2) is 12.5. The van der Waals surface area contributed by atoms with Crippen molar-refractivity contribution in [2.75, 3.05) is 13.2 Å². The number of rotatable bonds is 10.